The maximum atomic E-state index is 12.9. The number of halogens is 1. The zero-order chi connectivity index (χ0) is 24.6. The number of carbonyl (C=O) groups is 4. The highest BCUT2D eigenvalue weighted by Crippen LogP contribution is 2.29. The van der Waals surface area contributed by atoms with E-state index in [9.17, 15) is 29.3 Å². The van der Waals surface area contributed by atoms with Crippen molar-refractivity contribution in [2.75, 3.05) is 11.5 Å². The maximum Gasteiger partial charge on any atom is 0.338 e. The van der Waals surface area contributed by atoms with Gasteiger partial charge in [-0.15, -0.1) is 0 Å². The lowest BCUT2D eigenvalue weighted by Crippen LogP contribution is -2.29. The van der Waals surface area contributed by atoms with Crippen molar-refractivity contribution in [1.29, 1.82) is 0 Å². The van der Waals surface area contributed by atoms with E-state index in [-0.39, 0.29) is 27.3 Å². The average Bonchev–Trinajstić information content (AvgIpc) is 3.07. The number of benzene rings is 3. The van der Waals surface area contributed by atoms with E-state index >= 15 is 0 Å². The van der Waals surface area contributed by atoms with E-state index < -0.39 is 40.8 Å². The highest BCUT2D eigenvalue weighted by molar-refractivity contribution is 6.34. The number of nitro groups is 1. The van der Waals surface area contributed by atoms with Crippen molar-refractivity contribution < 1.29 is 28.8 Å². The van der Waals surface area contributed by atoms with E-state index in [0.29, 0.717) is 5.69 Å². The number of imide groups is 1. The summed E-state index contributed by atoms with van der Waals surface area (Å²) in [6.07, 6.45) is 0. The number of amides is 2. The van der Waals surface area contributed by atoms with Crippen molar-refractivity contribution in [3.63, 3.8) is 0 Å². The number of Topliss-reactive ketones (excluding diaryl/α,β-unsaturated/α-hetero) is 1. The van der Waals surface area contributed by atoms with Crippen molar-refractivity contribution in [3.8, 4) is 0 Å². The average molecular weight is 479 g/mol. The number of nitrogens with zero attached hydrogens (tertiary/aromatic N) is 2. The van der Waals surface area contributed by atoms with Crippen LogP contribution in [0.4, 0.5) is 11.4 Å². The third-order valence-corrected chi connectivity index (χ3v) is 5.53. The minimum absolute atomic E-state index is 0.0273. The Morgan fingerprint density at radius 3 is 2.26 bits per heavy atom. The van der Waals surface area contributed by atoms with Gasteiger partial charge in [-0.25, -0.2) is 9.69 Å². The predicted molar refractivity (Wildman–Crippen MR) is 121 cm³/mol. The SMILES string of the molecule is Cc1ccc(N2C(=O)c3ccc(C(=O)OCC(=O)c4ccc(Cl)c([N+](=O)[O-])c4)cc3C2=O)cc1. The zero-order valence-electron chi connectivity index (χ0n) is 17.6. The van der Waals surface area contributed by atoms with Crippen LogP contribution in [-0.4, -0.2) is 35.1 Å². The summed E-state index contributed by atoms with van der Waals surface area (Å²) in [7, 11) is 0. The first-order chi connectivity index (χ1) is 16.2. The maximum absolute atomic E-state index is 12.9. The number of carbonyl (C=O) groups excluding carboxylic acids is 4. The normalized spacial score (nSPS) is 12.5. The smallest absolute Gasteiger partial charge is 0.338 e. The molecule has 0 fully saturated rings. The summed E-state index contributed by atoms with van der Waals surface area (Å²) in [6.45, 7) is 1.19. The lowest BCUT2D eigenvalue weighted by Gasteiger charge is -2.13. The van der Waals surface area contributed by atoms with Gasteiger partial charge < -0.3 is 4.74 Å². The predicted octanol–water partition coefficient (Wildman–Crippen LogP) is 4.40. The molecule has 1 aliphatic rings. The quantitative estimate of drug-likeness (QED) is 0.169. The van der Waals surface area contributed by atoms with Crippen LogP contribution in [0.1, 0.15) is 47.0 Å². The molecule has 4 rings (SSSR count). The minimum atomic E-state index is -0.895. The molecule has 1 aliphatic heterocycles. The van der Waals surface area contributed by atoms with Gasteiger partial charge in [-0.05, 0) is 49.4 Å². The third kappa shape index (κ3) is 4.16. The number of esters is 1. The number of fused-ring (bicyclic) bond motifs is 1. The van der Waals surface area contributed by atoms with Crippen LogP contribution in [0.15, 0.2) is 60.7 Å². The molecule has 0 saturated carbocycles. The van der Waals surface area contributed by atoms with E-state index in [1.807, 2.05) is 6.92 Å². The number of anilines is 1. The Labute approximate surface area is 197 Å². The van der Waals surface area contributed by atoms with Crippen LogP contribution in [0, 0.1) is 17.0 Å². The molecule has 0 bridgehead atoms. The van der Waals surface area contributed by atoms with Gasteiger partial charge in [0.05, 0.1) is 27.3 Å². The molecule has 10 heteroatoms. The number of hydrogen-bond acceptors (Lipinski definition) is 7. The molecule has 3 aromatic rings. The van der Waals surface area contributed by atoms with Crippen molar-refractivity contribution in [3.05, 3.63) is 104 Å². The molecule has 34 heavy (non-hydrogen) atoms. The summed E-state index contributed by atoms with van der Waals surface area (Å²) in [6, 6.07) is 14.2. The minimum Gasteiger partial charge on any atom is -0.454 e. The van der Waals surface area contributed by atoms with Gasteiger partial charge in [-0.3, -0.25) is 24.5 Å². The highest BCUT2D eigenvalue weighted by Gasteiger charge is 2.37. The van der Waals surface area contributed by atoms with Gasteiger partial charge in [0.2, 0.25) is 5.78 Å². The summed E-state index contributed by atoms with van der Waals surface area (Å²) in [4.78, 5) is 61.7. The number of aryl methyl sites for hydroxylation is 1. The van der Waals surface area contributed by atoms with Gasteiger partial charge in [0.15, 0.2) is 6.61 Å². The van der Waals surface area contributed by atoms with Gasteiger partial charge in [0, 0.05) is 11.6 Å². The summed E-state index contributed by atoms with van der Waals surface area (Å²) in [5.41, 5.74) is 1.04. The van der Waals surface area contributed by atoms with Crippen LogP contribution < -0.4 is 4.90 Å². The van der Waals surface area contributed by atoms with Crippen LogP contribution in [0.3, 0.4) is 0 Å². The number of rotatable bonds is 6. The highest BCUT2D eigenvalue weighted by atomic mass is 35.5. The summed E-state index contributed by atoms with van der Waals surface area (Å²) in [5.74, 6) is -2.66. The Kier molecular flexibility index (Phi) is 5.95. The lowest BCUT2D eigenvalue weighted by atomic mass is 10.1. The fraction of sp³-hybridized carbons (Fsp3) is 0.0833. The van der Waals surface area contributed by atoms with Gasteiger partial charge >= 0.3 is 5.97 Å². The topological polar surface area (TPSA) is 124 Å². The Morgan fingerprint density at radius 2 is 1.59 bits per heavy atom. The third-order valence-electron chi connectivity index (χ3n) is 5.21. The molecule has 0 aromatic heterocycles. The fourth-order valence-electron chi connectivity index (χ4n) is 3.42. The van der Waals surface area contributed by atoms with Crippen LogP contribution in [0.5, 0.6) is 0 Å². The van der Waals surface area contributed by atoms with E-state index in [2.05, 4.69) is 0 Å². The van der Waals surface area contributed by atoms with E-state index in [1.165, 1.54) is 30.3 Å². The van der Waals surface area contributed by atoms with E-state index in [0.717, 1.165) is 16.5 Å². The second-order valence-electron chi connectivity index (χ2n) is 7.46. The first-order valence-corrected chi connectivity index (χ1v) is 10.3. The summed E-state index contributed by atoms with van der Waals surface area (Å²) >= 11 is 5.73. The Balaban J connectivity index is 1.49. The molecule has 0 aliphatic carbocycles. The zero-order valence-corrected chi connectivity index (χ0v) is 18.4. The molecular weight excluding hydrogens is 464 g/mol. The van der Waals surface area contributed by atoms with Crippen molar-refractivity contribution in [2.24, 2.45) is 0 Å². The molecule has 0 atom stereocenters. The molecule has 170 valence electrons. The van der Waals surface area contributed by atoms with Crippen LogP contribution in [-0.2, 0) is 4.74 Å². The number of nitro benzene ring substituents is 1. The molecule has 2 amide bonds. The van der Waals surface area contributed by atoms with Crippen LogP contribution in [0.25, 0.3) is 0 Å². The molecule has 1 heterocycles. The van der Waals surface area contributed by atoms with Gasteiger partial charge in [-0.1, -0.05) is 29.3 Å². The molecule has 0 unspecified atom stereocenters. The molecule has 0 N–H and O–H groups in total. The molecule has 9 nitrogen and oxygen atoms in total. The Hall–Kier alpha value is -4.37. The molecule has 0 radical (unpaired) electrons. The first kappa shape index (κ1) is 22.8. The standard InChI is InChI=1S/C24H15ClN2O7/c1-13-2-6-16(7-3-13)26-22(29)17-8-4-15(10-18(17)23(26)30)24(31)34-12-21(28)14-5-9-19(25)20(11-14)27(32)33/h2-11H,12H2,1H3. The van der Waals surface area contributed by atoms with Gasteiger partial charge in [0.1, 0.15) is 5.02 Å². The first-order valence-electron chi connectivity index (χ1n) is 9.91. The molecule has 3 aromatic carbocycles. The van der Waals surface area contributed by atoms with Crippen molar-refractivity contribution in [2.45, 2.75) is 6.92 Å². The van der Waals surface area contributed by atoms with E-state index in [4.69, 9.17) is 16.3 Å². The summed E-state index contributed by atoms with van der Waals surface area (Å²) in [5, 5.41) is 10.9. The number of hydrogen-bond donors (Lipinski definition) is 0. The fourth-order valence-corrected chi connectivity index (χ4v) is 3.61. The largest absolute Gasteiger partial charge is 0.454 e. The monoisotopic (exact) mass is 478 g/mol. The second kappa shape index (κ2) is 8.87. The second-order valence-corrected chi connectivity index (χ2v) is 7.87. The van der Waals surface area contributed by atoms with Gasteiger partial charge in [0.25, 0.3) is 17.5 Å². The number of ether oxygens (including phenoxy) is 1. The molecular formula is C24H15ClN2O7. The molecule has 0 spiro atoms. The Morgan fingerprint density at radius 1 is 0.941 bits per heavy atom. The van der Waals surface area contributed by atoms with Crippen molar-refractivity contribution in [1.82, 2.24) is 0 Å². The Bertz CT molecular complexity index is 1380. The lowest BCUT2D eigenvalue weighted by molar-refractivity contribution is -0.384. The van der Waals surface area contributed by atoms with Gasteiger partial charge in [-0.2, -0.15) is 0 Å². The molecule has 0 saturated heterocycles. The van der Waals surface area contributed by atoms with Crippen LogP contribution in [0.2, 0.25) is 5.02 Å². The van der Waals surface area contributed by atoms with E-state index in [1.54, 1.807) is 24.3 Å². The van der Waals surface area contributed by atoms with Crippen molar-refractivity contribution >= 4 is 46.5 Å². The number of ketones is 1. The van der Waals surface area contributed by atoms with Crippen LogP contribution >= 0.6 is 11.6 Å². The summed E-state index contributed by atoms with van der Waals surface area (Å²) < 4.78 is 5.02.